The van der Waals surface area contributed by atoms with Gasteiger partial charge in [-0.05, 0) is 27.0 Å². The number of thioether (sulfide) groups is 1. The summed E-state index contributed by atoms with van der Waals surface area (Å²) in [7, 11) is 0. The van der Waals surface area contributed by atoms with E-state index in [9.17, 15) is 19.2 Å². The molecule has 9 heteroatoms. The van der Waals surface area contributed by atoms with Gasteiger partial charge in [0.2, 0.25) is 5.12 Å². The van der Waals surface area contributed by atoms with Crippen LogP contribution < -0.4 is 10.6 Å². The molecule has 22 heavy (non-hydrogen) atoms. The Morgan fingerprint density at radius 3 is 2.45 bits per heavy atom. The van der Waals surface area contributed by atoms with Crippen molar-refractivity contribution in [3.63, 3.8) is 0 Å². The Kier molecular flexibility index (Phi) is 4.12. The standard InChI is InChI=1S/C13H19N3O5S/c1-12(2,3)21-11(20)16-6-13(5-7(16)8(17)22-4)9(18)14-10(19)15-13/h7H,5-6H2,1-4H3,(H2,14,15,18,19). The number of hydrogen-bond donors (Lipinski definition) is 2. The Bertz CT molecular complexity index is 544. The summed E-state index contributed by atoms with van der Waals surface area (Å²) in [5, 5.41) is 4.42. The van der Waals surface area contributed by atoms with Crippen LogP contribution in [0.2, 0.25) is 0 Å². The number of nitrogens with zero attached hydrogens (tertiary/aromatic N) is 1. The monoisotopic (exact) mass is 329 g/mol. The number of nitrogens with one attached hydrogen (secondary N) is 2. The normalized spacial score (nSPS) is 27.8. The summed E-state index contributed by atoms with van der Waals surface area (Å²) in [6.45, 7) is 5.06. The highest BCUT2D eigenvalue weighted by atomic mass is 32.2. The zero-order chi connectivity index (χ0) is 16.7. The van der Waals surface area contributed by atoms with Crippen molar-refractivity contribution in [2.75, 3.05) is 12.8 Å². The van der Waals surface area contributed by atoms with E-state index in [4.69, 9.17) is 4.74 Å². The Morgan fingerprint density at radius 2 is 2.00 bits per heavy atom. The molecule has 0 aromatic carbocycles. The molecule has 122 valence electrons. The van der Waals surface area contributed by atoms with Crippen LogP contribution in [0.25, 0.3) is 0 Å². The second-order valence-corrected chi connectivity index (χ2v) is 7.15. The Balaban J connectivity index is 2.27. The van der Waals surface area contributed by atoms with Crippen molar-refractivity contribution in [3.05, 3.63) is 0 Å². The van der Waals surface area contributed by atoms with Crippen LogP contribution in [0, 0.1) is 0 Å². The average Bonchev–Trinajstić information content (AvgIpc) is 2.88. The van der Waals surface area contributed by atoms with Crippen molar-refractivity contribution < 1.29 is 23.9 Å². The zero-order valence-corrected chi connectivity index (χ0v) is 13.7. The maximum Gasteiger partial charge on any atom is 0.411 e. The predicted molar refractivity (Wildman–Crippen MR) is 79.3 cm³/mol. The second kappa shape index (κ2) is 5.45. The molecule has 0 saturated carbocycles. The first-order valence-electron chi connectivity index (χ1n) is 6.79. The summed E-state index contributed by atoms with van der Waals surface area (Å²) < 4.78 is 5.29. The molecule has 2 atom stereocenters. The van der Waals surface area contributed by atoms with Gasteiger partial charge >= 0.3 is 12.1 Å². The smallest absolute Gasteiger partial charge is 0.411 e. The van der Waals surface area contributed by atoms with Crippen molar-refractivity contribution in [3.8, 4) is 0 Å². The number of carbonyl (C=O) groups is 4. The summed E-state index contributed by atoms with van der Waals surface area (Å²) >= 11 is 0.973. The molecular weight excluding hydrogens is 310 g/mol. The number of imide groups is 1. The van der Waals surface area contributed by atoms with Gasteiger partial charge in [0.25, 0.3) is 5.91 Å². The number of hydrogen-bond acceptors (Lipinski definition) is 6. The van der Waals surface area contributed by atoms with Gasteiger partial charge in [-0.3, -0.25) is 19.8 Å². The third-order valence-corrected chi connectivity index (χ3v) is 4.15. The molecule has 4 amide bonds. The number of carbonyl (C=O) groups excluding carboxylic acids is 4. The fourth-order valence-electron chi connectivity index (χ4n) is 2.55. The highest BCUT2D eigenvalue weighted by Crippen LogP contribution is 2.33. The lowest BCUT2D eigenvalue weighted by molar-refractivity contribution is -0.123. The molecule has 0 radical (unpaired) electrons. The van der Waals surface area contributed by atoms with E-state index >= 15 is 0 Å². The molecule has 2 aliphatic rings. The molecule has 2 unspecified atom stereocenters. The van der Waals surface area contributed by atoms with E-state index in [-0.39, 0.29) is 18.1 Å². The largest absolute Gasteiger partial charge is 0.444 e. The summed E-state index contributed by atoms with van der Waals surface area (Å²) in [4.78, 5) is 49.1. The molecule has 2 heterocycles. The molecule has 2 N–H and O–H groups in total. The molecule has 0 aliphatic carbocycles. The minimum Gasteiger partial charge on any atom is -0.444 e. The molecule has 0 aromatic heterocycles. The minimum absolute atomic E-state index is 0.0451. The maximum absolute atomic E-state index is 12.3. The zero-order valence-electron chi connectivity index (χ0n) is 12.9. The number of ether oxygens (including phenoxy) is 1. The minimum atomic E-state index is -1.26. The van der Waals surface area contributed by atoms with Crippen LogP contribution in [0.4, 0.5) is 9.59 Å². The first-order valence-corrected chi connectivity index (χ1v) is 8.01. The number of amides is 4. The van der Waals surface area contributed by atoms with Gasteiger partial charge in [0.15, 0.2) is 0 Å². The third-order valence-electron chi connectivity index (χ3n) is 3.47. The van der Waals surface area contributed by atoms with E-state index in [0.717, 1.165) is 11.8 Å². The molecule has 2 aliphatic heterocycles. The molecular formula is C13H19N3O5S. The summed E-state index contributed by atoms with van der Waals surface area (Å²) in [6, 6.07) is -1.43. The molecule has 0 aromatic rings. The van der Waals surface area contributed by atoms with Crippen molar-refractivity contribution in [2.24, 2.45) is 0 Å². The lowest BCUT2D eigenvalue weighted by atomic mass is 9.97. The maximum atomic E-state index is 12.3. The quantitative estimate of drug-likeness (QED) is 0.677. The average molecular weight is 329 g/mol. The van der Waals surface area contributed by atoms with Crippen molar-refractivity contribution in [1.82, 2.24) is 15.5 Å². The van der Waals surface area contributed by atoms with Crippen LogP contribution in [-0.2, 0) is 14.3 Å². The number of urea groups is 1. The van der Waals surface area contributed by atoms with E-state index in [1.807, 2.05) is 0 Å². The highest BCUT2D eigenvalue weighted by Gasteiger charge is 2.57. The number of likely N-dealkylation sites (tertiary alicyclic amines) is 1. The molecule has 0 bridgehead atoms. The summed E-state index contributed by atoms with van der Waals surface area (Å²) in [6.07, 6.45) is 0.975. The second-order valence-electron chi connectivity index (χ2n) is 6.34. The summed E-state index contributed by atoms with van der Waals surface area (Å²) in [5.74, 6) is -0.525. The van der Waals surface area contributed by atoms with E-state index < -0.39 is 35.2 Å². The van der Waals surface area contributed by atoms with Gasteiger partial charge in [-0.25, -0.2) is 9.59 Å². The van der Waals surface area contributed by atoms with Crippen LogP contribution >= 0.6 is 11.8 Å². The first kappa shape index (κ1) is 16.6. The Hall–Kier alpha value is -1.77. The lowest BCUT2D eigenvalue weighted by Crippen LogP contribution is -2.50. The molecule has 2 saturated heterocycles. The predicted octanol–water partition coefficient (Wildman–Crippen LogP) is 0.464. The highest BCUT2D eigenvalue weighted by molar-refractivity contribution is 8.13. The number of rotatable bonds is 1. The Labute approximate surface area is 132 Å². The van der Waals surface area contributed by atoms with E-state index in [1.165, 1.54) is 4.90 Å². The van der Waals surface area contributed by atoms with Crippen LogP contribution in [0.1, 0.15) is 27.2 Å². The van der Waals surface area contributed by atoms with Crippen LogP contribution in [0.15, 0.2) is 0 Å². The lowest BCUT2D eigenvalue weighted by Gasteiger charge is -2.27. The summed E-state index contributed by atoms with van der Waals surface area (Å²) in [5.41, 5.74) is -1.98. The molecule has 1 spiro atoms. The molecule has 2 rings (SSSR count). The van der Waals surface area contributed by atoms with Crippen LogP contribution in [0.3, 0.4) is 0 Å². The Morgan fingerprint density at radius 1 is 1.36 bits per heavy atom. The van der Waals surface area contributed by atoms with Crippen molar-refractivity contribution in [1.29, 1.82) is 0 Å². The van der Waals surface area contributed by atoms with Crippen molar-refractivity contribution in [2.45, 2.75) is 44.4 Å². The van der Waals surface area contributed by atoms with Gasteiger partial charge < -0.3 is 10.1 Å². The fraction of sp³-hybridized carbons (Fsp3) is 0.692. The topological polar surface area (TPSA) is 105 Å². The molecule has 2 fully saturated rings. The van der Waals surface area contributed by atoms with Crippen LogP contribution in [0.5, 0.6) is 0 Å². The van der Waals surface area contributed by atoms with Gasteiger partial charge in [0.1, 0.15) is 17.2 Å². The first-order chi connectivity index (χ1) is 10.1. The fourth-order valence-corrected chi connectivity index (χ4v) is 3.03. The van der Waals surface area contributed by atoms with Gasteiger partial charge in [-0.2, -0.15) is 0 Å². The van der Waals surface area contributed by atoms with Gasteiger partial charge in [-0.1, -0.05) is 11.8 Å². The van der Waals surface area contributed by atoms with E-state index in [0.29, 0.717) is 0 Å². The molecule has 8 nitrogen and oxygen atoms in total. The SMILES string of the molecule is CSC(=O)C1CC2(CN1C(=O)OC(C)(C)C)NC(=O)NC2=O. The van der Waals surface area contributed by atoms with Gasteiger partial charge in [-0.15, -0.1) is 0 Å². The van der Waals surface area contributed by atoms with Crippen molar-refractivity contribution >= 4 is 34.9 Å². The van der Waals surface area contributed by atoms with Crippen LogP contribution in [-0.4, -0.2) is 58.0 Å². The van der Waals surface area contributed by atoms with Gasteiger partial charge in [0.05, 0.1) is 6.54 Å². The van der Waals surface area contributed by atoms with Gasteiger partial charge in [0, 0.05) is 6.42 Å². The van der Waals surface area contributed by atoms with E-state index in [1.54, 1.807) is 27.0 Å². The third kappa shape index (κ3) is 3.03. The van der Waals surface area contributed by atoms with E-state index in [2.05, 4.69) is 10.6 Å².